The normalized spacial score (nSPS) is 11.4. The predicted molar refractivity (Wildman–Crippen MR) is 78.8 cm³/mol. The van der Waals surface area contributed by atoms with E-state index in [9.17, 15) is 0 Å². The molecule has 1 aromatic carbocycles. The fourth-order valence-electron chi connectivity index (χ4n) is 1.75. The van der Waals surface area contributed by atoms with Gasteiger partial charge in [-0.2, -0.15) is 0 Å². The molecule has 3 nitrogen and oxygen atoms in total. The quantitative estimate of drug-likeness (QED) is 0.919. The number of aromatic nitrogens is 1. The van der Waals surface area contributed by atoms with Gasteiger partial charge in [-0.05, 0) is 32.0 Å². The van der Waals surface area contributed by atoms with E-state index < -0.39 is 5.60 Å². The van der Waals surface area contributed by atoms with Crippen LogP contribution >= 0.6 is 23.2 Å². The number of benzene rings is 1. The number of pyridine rings is 1. The summed E-state index contributed by atoms with van der Waals surface area (Å²) >= 11 is 12.1. The number of nitrogens with two attached hydrogens (primary N) is 1. The Morgan fingerprint density at radius 3 is 2.47 bits per heavy atom. The van der Waals surface area contributed by atoms with Gasteiger partial charge in [-0.1, -0.05) is 29.3 Å². The minimum atomic E-state index is -0.620. The van der Waals surface area contributed by atoms with E-state index in [-0.39, 0.29) is 0 Å². The van der Waals surface area contributed by atoms with Crippen LogP contribution in [0, 0.1) is 0 Å². The highest BCUT2D eigenvalue weighted by molar-refractivity contribution is 6.35. The van der Waals surface area contributed by atoms with Crippen LogP contribution < -0.4 is 10.5 Å². The van der Waals surface area contributed by atoms with Gasteiger partial charge in [0.15, 0.2) is 0 Å². The zero-order chi connectivity index (χ0) is 14.0. The van der Waals surface area contributed by atoms with Gasteiger partial charge in [0.2, 0.25) is 5.88 Å². The fourth-order valence-corrected chi connectivity index (χ4v) is 2.38. The third kappa shape index (κ3) is 3.31. The number of halogens is 2. The minimum Gasteiger partial charge on any atom is -0.467 e. The first-order chi connectivity index (χ1) is 8.88. The molecule has 1 heterocycles. The van der Waals surface area contributed by atoms with E-state index in [0.717, 1.165) is 5.56 Å². The standard InChI is InChI=1S/C14H14Cl2N2O/c1-14(2,11-5-3-9(15)7-12(11)16)19-13-6-4-10(17)8-18-13/h3-8H,17H2,1-2H3. The lowest BCUT2D eigenvalue weighted by molar-refractivity contribution is 0.102. The molecular formula is C14H14Cl2N2O. The van der Waals surface area contributed by atoms with Crippen molar-refractivity contribution >= 4 is 28.9 Å². The van der Waals surface area contributed by atoms with E-state index in [4.69, 9.17) is 33.7 Å². The molecule has 2 aromatic rings. The number of nitrogens with zero attached hydrogens (tertiary/aromatic N) is 1. The van der Waals surface area contributed by atoms with Gasteiger partial charge in [0.1, 0.15) is 5.60 Å². The van der Waals surface area contributed by atoms with Crippen molar-refractivity contribution in [2.45, 2.75) is 19.4 Å². The lowest BCUT2D eigenvalue weighted by atomic mass is 9.98. The van der Waals surface area contributed by atoms with Gasteiger partial charge in [0, 0.05) is 21.7 Å². The zero-order valence-corrected chi connectivity index (χ0v) is 12.2. The van der Waals surface area contributed by atoms with E-state index in [1.165, 1.54) is 0 Å². The SMILES string of the molecule is CC(C)(Oc1ccc(N)cn1)c1ccc(Cl)cc1Cl. The maximum absolute atomic E-state index is 6.20. The fraction of sp³-hybridized carbons (Fsp3) is 0.214. The van der Waals surface area contributed by atoms with Gasteiger partial charge in [0.25, 0.3) is 0 Å². The van der Waals surface area contributed by atoms with Crippen LogP contribution in [0.15, 0.2) is 36.5 Å². The van der Waals surface area contributed by atoms with Crippen molar-refractivity contribution in [2.24, 2.45) is 0 Å². The average Bonchev–Trinajstić information content (AvgIpc) is 2.31. The molecule has 0 aliphatic heterocycles. The molecule has 19 heavy (non-hydrogen) atoms. The van der Waals surface area contributed by atoms with Crippen molar-refractivity contribution in [3.8, 4) is 5.88 Å². The molecule has 2 N–H and O–H groups in total. The van der Waals surface area contributed by atoms with Crippen molar-refractivity contribution in [1.29, 1.82) is 0 Å². The summed E-state index contributed by atoms with van der Waals surface area (Å²) in [5.41, 5.74) is 6.41. The Kier molecular flexibility index (Phi) is 3.88. The Morgan fingerprint density at radius 1 is 1.16 bits per heavy atom. The first-order valence-corrected chi connectivity index (χ1v) is 6.50. The smallest absolute Gasteiger partial charge is 0.214 e. The van der Waals surface area contributed by atoms with E-state index in [1.54, 1.807) is 30.5 Å². The highest BCUT2D eigenvalue weighted by atomic mass is 35.5. The Bertz CT molecular complexity index is 582. The summed E-state index contributed by atoms with van der Waals surface area (Å²) in [6.45, 7) is 3.83. The molecule has 1 aromatic heterocycles. The van der Waals surface area contributed by atoms with E-state index in [0.29, 0.717) is 21.6 Å². The number of nitrogen functional groups attached to an aromatic ring is 1. The molecule has 0 aliphatic carbocycles. The molecule has 0 saturated carbocycles. The highest BCUT2D eigenvalue weighted by Crippen LogP contribution is 2.33. The lowest BCUT2D eigenvalue weighted by Gasteiger charge is -2.27. The first-order valence-electron chi connectivity index (χ1n) is 5.74. The number of rotatable bonds is 3. The van der Waals surface area contributed by atoms with Crippen LogP contribution in [0.25, 0.3) is 0 Å². The summed E-state index contributed by atoms with van der Waals surface area (Å²) in [4.78, 5) is 4.12. The van der Waals surface area contributed by atoms with Crippen LogP contribution in [-0.4, -0.2) is 4.98 Å². The molecule has 0 radical (unpaired) electrons. The second kappa shape index (κ2) is 5.27. The molecule has 100 valence electrons. The minimum absolute atomic E-state index is 0.491. The van der Waals surface area contributed by atoms with Crippen molar-refractivity contribution in [3.63, 3.8) is 0 Å². The van der Waals surface area contributed by atoms with Crippen LogP contribution in [0.1, 0.15) is 19.4 Å². The summed E-state index contributed by atoms with van der Waals surface area (Å²) in [6, 6.07) is 8.79. The second-order valence-corrected chi connectivity index (χ2v) is 5.51. The van der Waals surface area contributed by atoms with E-state index in [1.807, 2.05) is 19.9 Å². The molecule has 0 spiro atoms. The van der Waals surface area contributed by atoms with Crippen LogP contribution in [0.4, 0.5) is 5.69 Å². The molecule has 0 saturated heterocycles. The van der Waals surface area contributed by atoms with E-state index in [2.05, 4.69) is 4.98 Å². The number of anilines is 1. The number of hydrogen-bond donors (Lipinski definition) is 1. The molecule has 0 bridgehead atoms. The average molecular weight is 297 g/mol. The van der Waals surface area contributed by atoms with Gasteiger partial charge in [-0.25, -0.2) is 4.98 Å². The lowest BCUT2D eigenvalue weighted by Crippen LogP contribution is -2.26. The summed E-state index contributed by atoms with van der Waals surface area (Å²) in [6.07, 6.45) is 1.55. The van der Waals surface area contributed by atoms with Crippen LogP contribution in [0.2, 0.25) is 10.0 Å². The Balaban J connectivity index is 2.29. The Labute approximate surface area is 122 Å². The van der Waals surface area contributed by atoms with Gasteiger partial charge in [0.05, 0.1) is 11.9 Å². The van der Waals surface area contributed by atoms with Crippen molar-refractivity contribution in [1.82, 2.24) is 4.98 Å². The van der Waals surface area contributed by atoms with Gasteiger partial charge >= 0.3 is 0 Å². The van der Waals surface area contributed by atoms with Crippen molar-refractivity contribution in [2.75, 3.05) is 5.73 Å². The molecule has 0 fully saturated rings. The summed E-state index contributed by atoms with van der Waals surface area (Å²) in [5, 5.41) is 1.16. The summed E-state index contributed by atoms with van der Waals surface area (Å²) in [7, 11) is 0. The Hall–Kier alpha value is -1.45. The van der Waals surface area contributed by atoms with Crippen LogP contribution in [0.3, 0.4) is 0 Å². The van der Waals surface area contributed by atoms with Gasteiger partial charge < -0.3 is 10.5 Å². The maximum atomic E-state index is 6.20. The molecular weight excluding hydrogens is 283 g/mol. The molecule has 2 rings (SSSR count). The molecule has 0 amide bonds. The number of ether oxygens (including phenoxy) is 1. The van der Waals surface area contributed by atoms with Crippen LogP contribution in [0.5, 0.6) is 5.88 Å². The van der Waals surface area contributed by atoms with Crippen molar-refractivity contribution < 1.29 is 4.74 Å². The molecule has 0 unspecified atom stereocenters. The first kappa shape index (κ1) is 14.0. The van der Waals surface area contributed by atoms with E-state index >= 15 is 0 Å². The summed E-state index contributed by atoms with van der Waals surface area (Å²) in [5.74, 6) is 0.491. The zero-order valence-electron chi connectivity index (χ0n) is 10.7. The topological polar surface area (TPSA) is 48.1 Å². The van der Waals surface area contributed by atoms with Crippen molar-refractivity contribution in [3.05, 3.63) is 52.1 Å². The highest BCUT2D eigenvalue weighted by Gasteiger charge is 2.26. The second-order valence-electron chi connectivity index (χ2n) is 4.67. The Morgan fingerprint density at radius 2 is 1.89 bits per heavy atom. The third-order valence-corrected chi connectivity index (χ3v) is 3.25. The molecule has 0 aliphatic rings. The molecule has 0 atom stereocenters. The van der Waals surface area contributed by atoms with Crippen LogP contribution in [-0.2, 0) is 5.60 Å². The summed E-state index contributed by atoms with van der Waals surface area (Å²) < 4.78 is 5.87. The predicted octanol–water partition coefficient (Wildman–Crippen LogP) is 4.28. The van der Waals surface area contributed by atoms with Gasteiger partial charge in [-0.3, -0.25) is 0 Å². The third-order valence-electron chi connectivity index (χ3n) is 2.70. The maximum Gasteiger partial charge on any atom is 0.214 e. The monoisotopic (exact) mass is 296 g/mol. The molecule has 5 heteroatoms. The van der Waals surface area contributed by atoms with Gasteiger partial charge in [-0.15, -0.1) is 0 Å². The number of hydrogen-bond acceptors (Lipinski definition) is 3. The largest absolute Gasteiger partial charge is 0.467 e.